The van der Waals surface area contributed by atoms with Gasteiger partial charge in [-0.1, -0.05) is 24.3 Å². The van der Waals surface area contributed by atoms with Crippen LogP contribution < -0.4 is 15.8 Å². The molecule has 0 radical (unpaired) electrons. The van der Waals surface area contributed by atoms with E-state index in [-0.39, 0.29) is 11.7 Å². The van der Waals surface area contributed by atoms with Gasteiger partial charge in [0.1, 0.15) is 23.1 Å². The number of anilines is 1. The second-order valence-corrected chi connectivity index (χ2v) is 10.0. The number of methoxy groups -OCH3 is 1. The molecule has 0 saturated carbocycles. The van der Waals surface area contributed by atoms with Gasteiger partial charge < -0.3 is 25.6 Å². The number of carbonyl (C=O) groups excluding carboxylic acids is 2. The fraction of sp³-hybridized carbons (Fsp3) is 0.333. The second-order valence-electron chi connectivity index (χ2n) is 10.0. The predicted octanol–water partition coefficient (Wildman–Crippen LogP) is 4.84. The number of benzene rings is 3. The molecule has 0 bridgehead atoms. The van der Waals surface area contributed by atoms with E-state index in [0.717, 1.165) is 22.4 Å². The maximum atomic E-state index is 13.2. The zero-order valence-corrected chi connectivity index (χ0v) is 21.9. The normalized spacial score (nSPS) is 12.0. The van der Waals surface area contributed by atoms with Crippen LogP contribution >= 0.6 is 0 Å². The van der Waals surface area contributed by atoms with Crippen LogP contribution in [-0.4, -0.2) is 35.7 Å². The number of hydrogen-bond donors (Lipinski definition) is 3. The van der Waals surface area contributed by atoms with E-state index in [1.807, 2.05) is 36.4 Å². The molecule has 0 aromatic heterocycles. The molecule has 37 heavy (non-hydrogen) atoms. The lowest BCUT2D eigenvalue weighted by Gasteiger charge is -2.25. The molecule has 0 heterocycles. The van der Waals surface area contributed by atoms with Crippen molar-refractivity contribution in [3.63, 3.8) is 0 Å². The van der Waals surface area contributed by atoms with Gasteiger partial charge in [-0.3, -0.25) is 4.79 Å². The number of nitrogens with two attached hydrogens (primary N) is 1. The van der Waals surface area contributed by atoms with Crippen molar-refractivity contribution in [1.82, 2.24) is 5.32 Å². The SMILES string of the molecule is COc1ccc(CC[C@H](NC(=O)c2ccc(N)c(CCc3ccc(O)cc3)c2)C(=O)OC(C)(C)C)cc1. The van der Waals surface area contributed by atoms with E-state index in [9.17, 15) is 14.7 Å². The Morgan fingerprint density at radius 2 is 1.54 bits per heavy atom. The molecular formula is C30H36N2O5. The van der Waals surface area contributed by atoms with E-state index >= 15 is 0 Å². The van der Waals surface area contributed by atoms with Gasteiger partial charge in [-0.25, -0.2) is 4.79 Å². The Labute approximate surface area is 218 Å². The van der Waals surface area contributed by atoms with Crippen LogP contribution in [0.3, 0.4) is 0 Å². The number of esters is 1. The highest BCUT2D eigenvalue weighted by Crippen LogP contribution is 2.20. The number of phenols is 1. The van der Waals surface area contributed by atoms with Crippen LogP contribution in [0.5, 0.6) is 11.5 Å². The van der Waals surface area contributed by atoms with Crippen molar-refractivity contribution in [3.05, 3.63) is 89.0 Å². The van der Waals surface area contributed by atoms with E-state index in [4.69, 9.17) is 15.2 Å². The number of rotatable bonds is 10. The van der Waals surface area contributed by atoms with Crippen molar-refractivity contribution < 1.29 is 24.2 Å². The number of carbonyl (C=O) groups is 2. The first-order chi connectivity index (χ1) is 17.5. The Hall–Kier alpha value is -4.00. The molecule has 3 rings (SSSR count). The highest BCUT2D eigenvalue weighted by molar-refractivity contribution is 5.97. The third-order valence-corrected chi connectivity index (χ3v) is 5.90. The summed E-state index contributed by atoms with van der Waals surface area (Å²) in [6.45, 7) is 5.40. The lowest BCUT2D eigenvalue weighted by molar-refractivity contribution is -0.157. The molecule has 0 spiro atoms. The lowest BCUT2D eigenvalue weighted by atomic mass is 10.00. The molecule has 1 atom stereocenters. The van der Waals surface area contributed by atoms with Crippen LogP contribution in [0.2, 0.25) is 0 Å². The number of aryl methyl sites for hydroxylation is 3. The van der Waals surface area contributed by atoms with Crippen molar-refractivity contribution in [1.29, 1.82) is 0 Å². The summed E-state index contributed by atoms with van der Waals surface area (Å²) in [5.41, 5.74) is 9.43. The summed E-state index contributed by atoms with van der Waals surface area (Å²) >= 11 is 0. The van der Waals surface area contributed by atoms with E-state index in [0.29, 0.717) is 36.9 Å². The number of nitrogen functional groups attached to an aromatic ring is 1. The van der Waals surface area contributed by atoms with E-state index < -0.39 is 17.6 Å². The smallest absolute Gasteiger partial charge is 0.329 e. The largest absolute Gasteiger partial charge is 0.508 e. The Morgan fingerprint density at radius 3 is 2.16 bits per heavy atom. The van der Waals surface area contributed by atoms with Crippen molar-refractivity contribution in [2.24, 2.45) is 0 Å². The topological polar surface area (TPSA) is 111 Å². The molecule has 0 unspecified atom stereocenters. The molecule has 4 N–H and O–H groups in total. The number of aromatic hydroxyl groups is 1. The third-order valence-electron chi connectivity index (χ3n) is 5.90. The summed E-state index contributed by atoms with van der Waals surface area (Å²) in [5.74, 6) is 0.132. The van der Waals surface area contributed by atoms with Gasteiger partial charge in [0.2, 0.25) is 0 Å². The molecule has 0 aliphatic carbocycles. The average Bonchev–Trinajstić information content (AvgIpc) is 2.86. The molecule has 3 aromatic rings. The van der Waals surface area contributed by atoms with Crippen LogP contribution in [0.4, 0.5) is 5.69 Å². The van der Waals surface area contributed by atoms with E-state index in [1.54, 1.807) is 58.2 Å². The molecule has 7 nitrogen and oxygen atoms in total. The molecule has 0 fully saturated rings. The average molecular weight is 505 g/mol. The van der Waals surface area contributed by atoms with E-state index in [2.05, 4.69) is 5.32 Å². The van der Waals surface area contributed by atoms with Gasteiger partial charge in [0.15, 0.2) is 0 Å². The molecule has 196 valence electrons. The van der Waals surface area contributed by atoms with Crippen molar-refractivity contribution in [3.8, 4) is 11.5 Å². The number of amides is 1. The highest BCUT2D eigenvalue weighted by atomic mass is 16.6. The number of ether oxygens (including phenoxy) is 2. The Bertz CT molecular complexity index is 1200. The molecule has 1 amide bonds. The first-order valence-electron chi connectivity index (χ1n) is 12.4. The Kier molecular flexibility index (Phi) is 9.17. The molecule has 0 saturated heterocycles. The maximum absolute atomic E-state index is 13.2. The highest BCUT2D eigenvalue weighted by Gasteiger charge is 2.27. The molecule has 3 aromatic carbocycles. The van der Waals surface area contributed by atoms with Crippen LogP contribution in [-0.2, 0) is 28.8 Å². The minimum atomic E-state index is -0.813. The second kappa shape index (κ2) is 12.3. The molecule has 0 aliphatic rings. The first kappa shape index (κ1) is 27.6. The van der Waals surface area contributed by atoms with Gasteiger partial charge in [0.05, 0.1) is 7.11 Å². The minimum Gasteiger partial charge on any atom is -0.508 e. The number of phenolic OH excluding ortho intramolecular Hbond substituents is 1. The molecule has 7 heteroatoms. The third kappa shape index (κ3) is 8.56. The minimum absolute atomic E-state index is 0.216. The summed E-state index contributed by atoms with van der Waals surface area (Å²) in [4.78, 5) is 26.1. The number of nitrogens with one attached hydrogen (secondary N) is 1. The van der Waals surface area contributed by atoms with Crippen LogP contribution in [0.1, 0.15) is 54.2 Å². The van der Waals surface area contributed by atoms with Crippen LogP contribution in [0.15, 0.2) is 66.7 Å². The summed E-state index contributed by atoms with van der Waals surface area (Å²) in [6, 6.07) is 18.9. The zero-order chi connectivity index (χ0) is 27.0. The van der Waals surface area contributed by atoms with Gasteiger partial charge in [0.25, 0.3) is 5.91 Å². The van der Waals surface area contributed by atoms with Gasteiger partial charge in [0, 0.05) is 11.3 Å². The van der Waals surface area contributed by atoms with E-state index in [1.165, 1.54) is 0 Å². The first-order valence-corrected chi connectivity index (χ1v) is 12.4. The fourth-order valence-electron chi connectivity index (χ4n) is 3.87. The van der Waals surface area contributed by atoms with Crippen molar-refractivity contribution >= 4 is 17.6 Å². The van der Waals surface area contributed by atoms with Crippen LogP contribution in [0, 0.1) is 0 Å². The molecule has 0 aliphatic heterocycles. The van der Waals surface area contributed by atoms with Gasteiger partial charge in [-0.2, -0.15) is 0 Å². The van der Waals surface area contributed by atoms with Crippen LogP contribution in [0.25, 0.3) is 0 Å². The Balaban J connectivity index is 1.72. The summed E-state index contributed by atoms with van der Waals surface area (Å²) < 4.78 is 10.8. The standard InChI is InChI=1S/C30H36N2O5/c1-30(2,3)37-29(35)27(18-10-21-8-15-25(36-4)16-9-21)32-28(34)23-12-17-26(31)22(19-23)11-5-20-6-13-24(33)14-7-20/h6-9,12-17,19,27,33H,5,10-11,18,31H2,1-4H3,(H,32,34)/t27-/m0/s1. The van der Waals surface area contributed by atoms with Gasteiger partial charge in [-0.15, -0.1) is 0 Å². The predicted molar refractivity (Wildman–Crippen MR) is 145 cm³/mol. The monoisotopic (exact) mass is 504 g/mol. The summed E-state index contributed by atoms with van der Waals surface area (Å²) in [5, 5.41) is 12.3. The summed E-state index contributed by atoms with van der Waals surface area (Å²) in [7, 11) is 1.61. The van der Waals surface area contributed by atoms with Crippen molar-refractivity contribution in [2.45, 2.75) is 58.1 Å². The quantitative estimate of drug-likeness (QED) is 0.269. The van der Waals surface area contributed by atoms with Crippen molar-refractivity contribution in [2.75, 3.05) is 12.8 Å². The van der Waals surface area contributed by atoms with Gasteiger partial charge in [-0.05, 0) is 106 Å². The fourth-order valence-corrected chi connectivity index (χ4v) is 3.87. The maximum Gasteiger partial charge on any atom is 0.329 e. The van der Waals surface area contributed by atoms with Gasteiger partial charge >= 0.3 is 5.97 Å². The Morgan fingerprint density at radius 1 is 0.919 bits per heavy atom. The zero-order valence-electron chi connectivity index (χ0n) is 21.9. The summed E-state index contributed by atoms with van der Waals surface area (Å²) in [6.07, 6.45) is 2.30. The lowest BCUT2D eigenvalue weighted by Crippen LogP contribution is -2.44. The molecular weight excluding hydrogens is 468 g/mol. The number of hydrogen-bond acceptors (Lipinski definition) is 6.